The van der Waals surface area contributed by atoms with Crippen LogP contribution in [0.25, 0.3) is 0 Å². The lowest BCUT2D eigenvalue weighted by Crippen LogP contribution is -2.65. The van der Waals surface area contributed by atoms with Gasteiger partial charge in [-0.15, -0.1) is 0 Å². The fourth-order valence-electron chi connectivity index (χ4n) is 5.08. The number of hydrogen-bond donors (Lipinski definition) is 2. The van der Waals surface area contributed by atoms with Gasteiger partial charge in [-0.25, -0.2) is 0 Å². The molecule has 192 valence electrons. The zero-order chi connectivity index (χ0) is 25.2. The summed E-state index contributed by atoms with van der Waals surface area (Å²) < 4.78 is 11.6. The monoisotopic (exact) mass is 488 g/mol. The third kappa shape index (κ3) is 7.40. The molecule has 0 saturated carbocycles. The second kappa shape index (κ2) is 13.0. The maximum Gasteiger partial charge on any atom is 0.119 e. The SMILES string of the molecule is Cc1ccc(OCCOCC(O)CN2CCNCC2(Cc2ccccc2)Cc2ccccc2)cc1C. The average molecular weight is 489 g/mol. The minimum atomic E-state index is -0.560. The van der Waals surface area contributed by atoms with E-state index < -0.39 is 6.10 Å². The van der Waals surface area contributed by atoms with Crippen molar-refractivity contribution < 1.29 is 14.6 Å². The van der Waals surface area contributed by atoms with Crippen molar-refractivity contribution in [1.82, 2.24) is 10.2 Å². The van der Waals surface area contributed by atoms with Crippen molar-refractivity contribution in [3.8, 4) is 5.75 Å². The largest absolute Gasteiger partial charge is 0.491 e. The van der Waals surface area contributed by atoms with E-state index in [1.165, 1.54) is 22.3 Å². The van der Waals surface area contributed by atoms with Gasteiger partial charge in [0.25, 0.3) is 0 Å². The Balaban J connectivity index is 1.34. The summed E-state index contributed by atoms with van der Waals surface area (Å²) in [6.45, 7) is 8.67. The van der Waals surface area contributed by atoms with Crippen LogP contribution >= 0.6 is 0 Å². The Labute approximate surface area is 216 Å². The Morgan fingerprint density at radius 1 is 0.889 bits per heavy atom. The van der Waals surface area contributed by atoms with Crippen LogP contribution in [0.4, 0.5) is 0 Å². The topological polar surface area (TPSA) is 54.0 Å². The number of benzene rings is 3. The zero-order valence-corrected chi connectivity index (χ0v) is 21.7. The van der Waals surface area contributed by atoms with Crippen molar-refractivity contribution in [3.05, 3.63) is 101 Å². The first-order chi connectivity index (χ1) is 17.5. The first kappa shape index (κ1) is 26.4. The molecule has 0 amide bonds. The summed E-state index contributed by atoms with van der Waals surface area (Å²) in [4.78, 5) is 2.48. The fourth-order valence-corrected chi connectivity index (χ4v) is 5.08. The number of ether oxygens (including phenoxy) is 2. The van der Waals surface area contributed by atoms with Gasteiger partial charge < -0.3 is 19.9 Å². The molecule has 1 aliphatic rings. The van der Waals surface area contributed by atoms with Crippen LogP contribution in [0, 0.1) is 13.8 Å². The number of β-amino-alcohol motifs (C(OH)–C–C–N with tert-alkyl or cyclic N) is 1. The summed E-state index contributed by atoms with van der Waals surface area (Å²) in [6.07, 6.45) is 1.29. The molecular formula is C31H40N2O3. The molecule has 5 heteroatoms. The summed E-state index contributed by atoms with van der Waals surface area (Å²) in [5, 5.41) is 14.6. The maximum absolute atomic E-state index is 10.9. The molecule has 0 aromatic heterocycles. The number of nitrogens with zero attached hydrogens (tertiary/aromatic N) is 1. The maximum atomic E-state index is 10.9. The number of hydrogen-bond acceptors (Lipinski definition) is 5. The quantitative estimate of drug-likeness (QED) is 0.375. The van der Waals surface area contributed by atoms with Crippen LogP contribution in [-0.2, 0) is 17.6 Å². The van der Waals surface area contributed by atoms with Crippen molar-refractivity contribution in [2.75, 3.05) is 46.0 Å². The highest BCUT2D eigenvalue weighted by Gasteiger charge is 2.39. The number of aliphatic hydroxyl groups excluding tert-OH is 1. The molecule has 1 atom stereocenters. The second-order valence-corrected chi connectivity index (χ2v) is 10.00. The van der Waals surface area contributed by atoms with Crippen molar-refractivity contribution in [2.24, 2.45) is 0 Å². The molecule has 4 rings (SSSR count). The van der Waals surface area contributed by atoms with Crippen molar-refractivity contribution in [3.63, 3.8) is 0 Å². The molecule has 1 aliphatic heterocycles. The Hall–Kier alpha value is -2.70. The van der Waals surface area contributed by atoms with E-state index in [1.807, 2.05) is 12.1 Å². The zero-order valence-electron chi connectivity index (χ0n) is 21.7. The number of rotatable bonds is 12. The smallest absolute Gasteiger partial charge is 0.119 e. The standard InChI is InChI=1S/C31H40N2O3/c1-25-13-14-30(19-26(25)2)36-18-17-35-23-29(34)22-33-16-15-32-24-31(33,20-27-9-5-3-6-10-27)21-28-11-7-4-8-12-28/h3-14,19,29,32,34H,15-18,20-24H2,1-2H3. The van der Waals surface area contributed by atoms with Crippen LogP contribution in [0.15, 0.2) is 78.9 Å². The highest BCUT2D eigenvalue weighted by molar-refractivity contribution is 5.33. The predicted octanol–water partition coefficient (Wildman–Crippen LogP) is 4.19. The van der Waals surface area contributed by atoms with E-state index >= 15 is 0 Å². The van der Waals surface area contributed by atoms with Gasteiger partial charge in [0.15, 0.2) is 0 Å². The minimum absolute atomic E-state index is 0.117. The number of piperazine rings is 1. The van der Waals surface area contributed by atoms with E-state index in [4.69, 9.17) is 9.47 Å². The van der Waals surface area contributed by atoms with Gasteiger partial charge in [-0.05, 0) is 61.1 Å². The minimum Gasteiger partial charge on any atom is -0.491 e. The Kier molecular flexibility index (Phi) is 9.54. The van der Waals surface area contributed by atoms with Gasteiger partial charge in [-0.2, -0.15) is 0 Å². The second-order valence-electron chi connectivity index (χ2n) is 10.00. The molecular weight excluding hydrogens is 448 g/mol. The lowest BCUT2D eigenvalue weighted by atomic mass is 9.81. The summed E-state index contributed by atoms with van der Waals surface area (Å²) in [7, 11) is 0. The number of aryl methyl sites for hydroxylation is 2. The third-order valence-electron chi connectivity index (χ3n) is 7.15. The summed E-state index contributed by atoms with van der Waals surface area (Å²) in [6, 6.07) is 27.5. The molecule has 1 saturated heterocycles. The first-order valence-electron chi connectivity index (χ1n) is 13.0. The van der Waals surface area contributed by atoms with Crippen LogP contribution in [0.1, 0.15) is 22.3 Å². The van der Waals surface area contributed by atoms with Crippen molar-refractivity contribution in [1.29, 1.82) is 0 Å². The molecule has 2 N–H and O–H groups in total. The van der Waals surface area contributed by atoms with Crippen LogP contribution in [0.3, 0.4) is 0 Å². The van der Waals surface area contributed by atoms with E-state index in [1.54, 1.807) is 0 Å². The summed E-state index contributed by atoms with van der Waals surface area (Å²) >= 11 is 0. The lowest BCUT2D eigenvalue weighted by Gasteiger charge is -2.49. The number of aliphatic hydroxyl groups is 1. The summed E-state index contributed by atoms with van der Waals surface area (Å²) in [5.74, 6) is 0.856. The predicted molar refractivity (Wildman–Crippen MR) is 146 cm³/mol. The molecule has 5 nitrogen and oxygen atoms in total. The van der Waals surface area contributed by atoms with E-state index in [0.717, 1.165) is 38.2 Å². The molecule has 1 heterocycles. The number of nitrogens with one attached hydrogen (secondary N) is 1. The molecule has 1 fully saturated rings. The molecule has 3 aromatic rings. The van der Waals surface area contributed by atoms with Gasteiger partial charge >= 0.3 is 0 Å². The first-order valence-corrected chi connectivity index (χ1v) is 13.0. The molecule has 0 bridgehead atoms. The molecule has 36 heavy (non-hydrogen) atoms. The van der Waals surface area contributed by atoms with E-state index in [9.17, 15) is 5.11 Å². The Morgan fingerprint density at radius 3 is 2.19 bits per heavy atom. The van der Waals surface area contributed by atoms with Crippen molar-refractivity contribution in [2.45, 2.75) is 38.3 Å². The van der Waals surface area contributed by atoms with Gasteiger partial charge in [0.1, 0.15) is 12.4 Å². The molecule has 3 aromatic carbocycles. The highest BCUT2D eigenvalue weighted by atomic mass is 16.5. The van der Waals surface area contributed by atoms with Gasteiger partial charge in [0.2, 0.25) is 0 Å². The Morgan fingerprint density at radius 2 is 1.56 bits per heavy atom. The van der Waals surface area contributed by atoms with Crippen LogP contribution in [-0.4, -0.2) is 67.6 Å². The van der Waals surface area contributed by atoms with Crippen molar-refractivity contribution >= 4 is 0 Å². The molecule has 0 spiro atoms. The van der Waals surface area contributed by atoms with E-state index in [2.05, 4.69) is 90.8 Å². The molecule has 0 aliphatic carbocycles. The van der Waals surface area contributed by atoms with E-state index in [-0.39, 0.29) is 5.54 Å². The van der Waals surface area contributed by atoms with Crippen LogP contribution < -0.4 is 10.1 Å². The van der Waals surface area contributed by atoms with Crippen LogP contribution in [0.2, 0.25) is 0 Å². The summed E-state index contributed by atoms with van der Waals surface area (Å²) in [5.41, 5.74) is 4.99. The third-order valence-corrected chi connectivity index (χ3v) is 7.15. The Bertz CT molecular complexity index is 1020. The van der Waals surface area contributed by atoms with E-state index in [0.29, 0.717) is 26.4 Å². The average Bonchev–Trinajstić information content (AvgIpc) is 2.88. The van der Waals surface area contributed by atoms with Gasteiger partial charge in [0.05, 0.1) is 19.3 Å². The molecule has 0 radical (unpaired) electrons. The van der Waals surface area contributed by atoms with Gasteiger partial charge in [-0.1, -0.05) is 66.7 Å². The normalized spacial score (nSPS) is 16.5. The van der Waals surface area contributed by atoms with Gasteiger partial charge in [-0.3, -0.25) is 4.90 Å². The molecule has 1 unspecified atom stereocenters. The van der Waals surface area contributed by atoms with Gasteiger partial charge in [0, 0.05) is 31.7 Å². The van der Waals surface area contributed by atoms with Crippen LogP contribution in [0.5, 0.6) is 5.75 Å². The highest BCUT2D eigenvalue weighted by Crippen LogP contribution is 2.28. The lowest BCUT2D eigenvalue weighted by molar-refractivity contribution is -0.0256. The fraction of sp³-hybridized carbons (Fsp3) is 0.419.